The highest BCUT2D eigenvalue weighted by molar-refractivity contribution is 5.79. The summed E-state index contributed by atoms with van der Waals surface area (Å²) >= 11 is 0. The van der Waals surface area contributed by atoms with E-state index in [2.05, 4.69) is 23.5 Å². The predicted molar refractivity (Wildman–Crippen MR) is 86.0 cm³/mol. The van der Waals surface area contributed by atoms with Crippen molar-refractivity contribution in [1.29, 1.82) is 0 Å². The van der Waals surface area contributed by atoms with Crippen molar-refractivity contribution in [2.75, 3.05) is 11.1 Å². The van der Waals surface area contributed by atoms with Gasteiger partial charge in [0.15, 0.2) is 0 Å². The van der Waals surface area contributed by atoms with Gasteiger partial charge in [-0.2, -0.15) is 0 Å². The van der Waals surface area contributed by atoms with Crippen LogP contribution in [0.2, 0.25) is 0 Å². The van der Waals surface area contributed by atoms with E-state index in [1.807, 2.05) is 60.7 Å². The Morgan fingerprint density at radius 1 is 0.650 bits per heavy atom. The predicted octanol–water partition coefficient (Wildman–Crippen LogP) is 4.68. The lowest BCUT2D eigenvalue weighted by atomic mass is 10.0. The van der Waals surface area contributed by atoms with Gasteiger partial charge in [0.2, 0.25) is 0 Å². The molecule has 0 aliphatic heterocycles. The molecule has 3 aromatic rings. The average molecular weight is 260 g/mol. The van der Waals surface area contributed by atoms with Crippen LogP contribution in [0.5, 0.6) is 0 Å². The summed E-state index contributed by atoms with van der Waals surface area (Å²) in [4.78, 5) is 0. The molecule has 0 radical (unpaired) electrons. The van der Waals surface area contributed by atoms with Gasteiger partial charge in [-0.3, -0.25) is 0 Å². The lowest BCUT2D eigenvalue weighted by Gasteiger charge is -2.10. The minimum atomic E-state index is 0.796. The molecule has 2 heteroatoms. The van der Waals surface area contributed by atoms with Crippen LogP contribution in [0.4, 0.5) is 17.1 Å². The zero-order valence-electron chi connectivity index (χ0n) is 11.1. The molecule has 0 atom stereocenters. The smallest absolute Gasteiger partial charge is 0.0393 e. The molecule has 3 aromatic carbocycles. The highest BCUT2D eigenvalue weighted by atomic mass is 14.9. The first-order valence-corrected chi connectivity index (χ1v) is 6.60. The third-order valence-electron chi connectivity index (χ3n) is 3.20. The molecule has 98 valence electrons. The first-order valence-electron chi connectivity index (χ1n) is 6.60. The Hall–Kier alpha value is -2.74. The normalized spacial score (nSPS) is 10.2. The molecule has 2 nitrogen and oxygen atoms in total. The first kappa shape index (κ1) is 12.3. The van der Waals surface area contributed by atoms with Crippen LogP contribution in [0.15, 0.2) is 78.9 Å². The topological polar surface area (TPSA) is 38.0 Å². The summed E-state index contributed by atoms with van der Waals surface area (Å²) in [5.41, 5.74) is 11.1. The van der Waals surface area contributed by atoms with E-state index in [-0.39, 0.29) is 0 Å². The lowest BCUT2D eigenvalue weighted by molar-refractivity contribution is 1.54. The molecule has 0 saturated carbocycles. The van der Waals surface area contributed by atoms with E-state index in [9.17, 15) is 0 Å². The van der Waals surface area contributed by atoms with Crippen LogP contribution in [-0.4, -0.2) is 0 Å². The minimum Gasteiger partial charge on any atom is -0.398 e. The Kier molecular flexibility index (Phi) is 3.38. The summed E-state index contributed by atoms with van der Waals surface area (Å²) in [6, 6.07) is 26.3. The Balaban J connectivity index is 1.92. The van der Waals surface area contributed by atoms with Crippen molar-refractivity contribution in [2.24, 2.45) is 0 Å². The van der Waals surface area contributed by atoms with Crippen molar-refractivity contribution < 1.29 is 0 Å². The maximum atomic E-state index is 6.03. The number of nitrogens with one attached hydrogen (secondary N) is 1. The zero-order valence-corrected chi connectivity index (χ0v) is 11.1. The monoisotopic (exact) mass is 260 g/mol. The van der Waals surface area contributed by atoms with Crippen molar-refractivity contribution in [3.8, 4) is 11.1 Å². The number of nitrogens with two attached hydrogens (primary N) is 1. The number of nitrogen functional groups attached to an aromatic ring is 1. The van der Waals surface area contributed by atoms with Gasteiger partial charge in [0.25, 0.3) is 0 Å². The van der Waals surface area contributed by atoms with E-state index in [1.165, 1.54) is 0 Å². The van der Waals surface area contributed by atoms with Crippen molar-refractivity contribution in [3.05, 3.63) is 78.9 Å². The van der Waals surface area contributed by atoms with E-state index < -0.39 is 0 Å². The summed E-state index contributed by atoms with van der Waals surface area (Å²) < 4.78 is 0. The maximum Gasteiger partial charge on any atom is 0.0393 e. The van der Waals surface area contributed by atoms with Crippen LogP contribution in [-0.2, 0) is 0 Å². The van der Waals surface area contributed by atoms with Crippen molar-refractivity contribution >= 4 is 17.1 Å². The molecule has 0 bridgehead atoms. The molecule has 0 aromatic heterocycles. The number of benzene rings is 3. The number of hydrogen-bond acceptors (Lipinski definition) is 2. The Labute approximate surface area is 118 Å². The molecule has 0 saturated heterocycles. The highest BCUT2D eigenvalue weighted by Gasteiger charge is 2.02. The number of rotatable bonds is 3. The van der Waals surface area contributed by atoms with Crippen LogP contribution in [0.1, 0.15) is 0 Å². The fourth-order valence-electron chi connectivity index (χ4n) is 2.21. The second-order valence-electron chi connectivity index (χ2n) is 4.66. The molecular formula is C18H16N2. The highest BCUT2D eigenvalue weighted by Crippen LogP contribution is 2.28. The molecule has 0 heterocycles. The molecule has 0 aliphatic carbocycles. The maximum absolute atomic E-state index is 6.03. The van der Waals surface area contributed by atoms with Gasteiger partial charge in [0, 0.05) is 22.6 Å². The second kappa shape index (κ2) is 5.49. The summed E-state index contributed by atoms with van der Waals surface area (Å²) in [7, 11) is 0. The van der Waals surface area contributed by atoms with E-state index >= 15 is 0 Å². The Bertz CT molecular complexity index is 705. The van der Waals surface area contributed by atoms with Crippen LogP contribution in [0.3, 0.4) is 0 Å². The van der Waals surface area contributed by atoms with Gasteiger partial charge in [-0.1, -0.05) is 48.5 Å². The number of hydrogen-bond donors (Lipinski definition) is 2. The Morgan fingerprint density at radius 3 is 2.15 bits per heavy atom. The van der Waals surface area contributed by atoms with Crippen LogP contribution >= 0.6 is 0 Å². The van der Waals surface area contributed by atoms with Gasteiger partial charge in [-0.15, -0.1) is 0 Å². The first-order chi connectivity index (χ1) is 9.83. The van der Waals surface area contributed by atoms with Gasteiger partial charge in [-0.05, 0) is 35.9 Å². The molecule has 0 unspecified atom stereocenters. The van der Waals surface area contributed by atoms with Gasteiger partial charge >= 0.3 is 0 Å². The Morgan fingerprint density at radius 2 is 1.35 bits per heavy atom. The zero-order chi connectivity index (χ0) is 13.8. The second-order valence-corrected chi connectivity index (χ2v) is 4.66. The minimum absolute atomic E-state index is 0.796. The van der Waals surface area contributed by atoms with Crippen molar-refractivity contribution in [3.63, 3.8) is 0 Å². The van der Waals surface area contributed by atoms with Crippen molar-refractivity contribution in [1.82, 2.24) is 0 Å². The number of anilines is 3. The fourth-order valence-corrected chi connectivity index (χ4v) is 2.21. The number of para-hydroxylation sites is 2. The molecule has 0 aliphatic rings. The van der Waals surface area contributed by atoms with Crippen LogP contribution in [0.25, 0.3) is 11.1 Å². The molecule has 3 N–H and O–H groups in total. The van der Waals surface area contributed by atoms with Gasteiger partial charge in [-0.25, -0.2) is 0 Å². The van der Waals surface area contributed by atoms with Gasteiger partial charge in [0.05, 0.1) is 0 Å². The van der Waals surface area contributed by atoms with Gasteiger partial charge in [0.1, 0.15) is 0 Å². The average Bonchev–Trinajstić information content (AvgIpc) is 2.49. The quantitative estimate of drug-likeness (QED) is 0.671. The fraction of sp³-hybridized carbons (Fsp3) is 0. The third kappa shape index (κ3) is 2.64. The van der Waals surface area contributed by atoms with Crippen molar-refractivity contribution in [2.45, 2.75) is 0 Å². The molecular weight excluding hydrogens is 244 g/mol. The molecule has 0 fully saturated rings. The summed E-state index contributed by atoms with van der Waals surface area (Å²) in [5.74, 6) is 0. The SMILES string of the molecule is Nc1ccccc1-c1cccc(Nc2ccccc2)c1. The molecule has 0 spiro atoms. The standard InChI is InChI=1S/C18H16N2/c19-18-12-5-4-11-17(18)14-7-6-10-16(13-14)20-15-8-2-1-3-9-15/h1-13,20H,19H2. The van der Waals surface area contributed by atoms with Crippen LogP contribution in [0, 0.1) is 0 Å². The van der Waals surface area contributed by atoms with E-state index in [0.29, 0.717) is 0 Å². The van der Waals surface area contributed by atoms with E-state index in [4.69, 9.17) is 5.73 Å². The molecule has 3 rings (SSSR count). The van der Waals surface area contributed by atoms with E-state index in [0.717, 1.165) is 28.2 Å². The molecule has 20 heavy (non-hydrogen) atoms. The third-order valence-corrected chi connectivity index (χ3v) is 3.20. The van der Waals surface area contributed by atoms with Gasteiger partial charge < -0.3 is 11.1 Å². The molecule has 0 amide bonds. The van der Waals surface area contributed by atoms with Crippen LogP contribution < -0.4 is 11.1 Å². The lowest BCUT2D eigenvalue weighted by Crippen LogP contribution is -1.92. The summed E-state index contributed by atoms with van der Waals surface area (Å²) in [6.45, 7) is 0. The van der Waals surface area contributed by atoms with E-state index in [1.54, 1.807) is 0 Å². The summed E-state index contributed by atoms with van der Waals surface area (Å²) in [5, 5.41) is 3.39. The summed E-state index contributed by atoms with van der Waals surface area (Å²) in [6.07, 6.45) is 0. The largest absolute Gasteiger partial charge is 0.398 e.